The van der Waals surface area contributed by atoms with Gasteiger partial charge in [-0.3, -0.25) is 0 Å². The van der Waals surface area contributed by atoms with E-state index in [0.717, 1.165) is 80.8 Å². The standard InChI is InChI=1S/C20H17BrFN7S.C15H16FN3S.C6H3BrClN3.ClH/c21-14-9-17-19(25-13-26-29(17)12-14)27-5-7-28(8-6-27)20-23-10-15(11-24-20)30-18-4-2-1-3-16(18)22;16-13-6-2-3-7-14(13)20-12-10-17-15(18-11-12)19-8-4-1-5-9-19;7-4-1-5-6(8)9-3-10-11(5)2-4;/h1-4,9-13H,5-8H2;2-3,6-7,10-11H,1,4-5,8-9H2;1-3H;1H. The molecule has 21 heteroatoms. The topological polar surface area (TPSA) is 122 Å². The molecule has 8 heterocycles. The quantitative estimate of drug-likeness (QED) is 0.151. The van der Waals surface area contributed by atoms with Crippen molar-refractivity contribution in [3.63, 3.8) is 0 Å². The number of nitrogens with zero attached hydrogens (tertiary/aromatic N) is 13. The third kappa shape index (κ3) is 11.5. The van der Waals surface area contributed by atoms with Crippen molar-refractivity contribution < 1.29 is 8.78 Å². The highest BCUT2D eigenvalue weighted by Gasteiger charge is 2.22. The molecule has 0 atom stereocenters. The van der Waals surface area contributed by atoms with Crippen LogP contribution in [0.2, 0.25) is 5.15 Å². The first-order valence-corrected chi connectivity index (χ1v) is 22.7. The first kappa shape index (κ1) is 45.4. The summed E-state index contributed by atoms with van der Waals surface area (Å²) < 4.78 is 32.8. The van der Waals surface area contributed by atoms with E-state index in [1.165, 1.54) is 61.2 Å². The van der Waals surface area contributed by atoms with Crippen molar-refractivity contribution >= 4 is 108 Å². The summed E-state index contributed by atoms with van der Waals surface area (Å²) in [6, 6.07) is 17.3. The Labute approximate surface area is 392 Å². The Morgan fingerprint density at radius 1 is 0.548 bits per heavy atom. The van der Waals surface area contributed by atoms with E-state index in [1.807, 2.05) is 41.2 Å². The fourth-order valence-corrected chi connectivity index (χ4v) is 9.13. The minimum atomic E-state index is -0.239. The van der Waals surface area contributed by atoms with Crippen LogP contribution >= 0.6 is 79.4 Å². The van der Waals surface area contributed by atoms with Crippen LogP contribution < -0.4 is 14.7 Å². The second-order valence-corrected chi connectivity index (χ2v) is 18.1. The van der Waals surface area contributed by atoms with E-state index in [2.05, 4.69) is 86.7 Å². The van der Waals surface area contributed by atoms with Gasteiger partial charge in [0, 0.05) is 105 Å². The van der Waals surface area contributed by atoms with Gasteiger partial charge in [-0.05, 0) is 87.5 Å². The molecule has 2 aliphatic heterocycles. The van der Waals surface area contributed by atoms with Crippen LogP contribution in [0.5, 0.6) is 0 Å². The lowest BCUT2D eigenvalue weighted by atomic mass is 10.1. The van der Waals surface area contributed by atoms with Crippen LogP contribution in [-0.2, 0) is 0 Å². The van der Waals surface area contributed by atoms with Crippen LogP contribution in [0.1, 0.15) is 19.3 Å². The predicted molar refractivity (Wildman–Crippen MR) is 249 cm³/mol. The van der Waals surface area contributed by atoms with Gasteiger partial charge in [-0.2, -0.15) is 10.2 Å². The SMILES string of the molecule is Cl.Clc1ncnn2cc(Br)cc12.Fc1ccccc1Sc1cnc(N2CCCCC2)nc1.Fc1ccccc1Sc1cnc(N2CCN(c3ncnn4cc(Br)cc34)CC2)nc1. The summed E-state index contributed by atoms with van der Waals surface area (Å²) in [6.07, 6.45) is 17.5. The van der Waals surface area contributed by atoms with Crippen molar-refractivity contribution in [1.29, 1.82) is 0 Å². The van der Waals surface area contributed by atoms with E-state index in [9.17, 15) is 8.78 Å². The Morgan fingerprint density at radius 2 is 1.00 bits per heavy atom. The summed E-state index contributed by atoms with van der Waals surface area (Å²) in [6.45, 7) is 5.25. The Bertz CT molecular complexity index is 2700. The maximum atomic E-state index is 13.8. The van der Waals surface area contributed by atoms with E-state index in [1.54, 1.807) is 59.9 Å². The van der Waals surface area contributed by atoms with Gasteiger partial charge in [0.15, 0.2) is 11.0 Å². The van der Waals surface area contributed by atoms with Crippen molar-refractivity contribution in [2.24, 2.45) is 0 Å². The highest BCUT2D eigenvalue weighted by molar-refractivity contribution is 9.10. The molecular weight excluding hydrogens is 1010 g/mol. The molecule has 0 radical (unpaired) electrons. The molecule has 0 spiro atoms. The van der Waals surface area contributed by atoms with Crippen LogP contribution in [0.15, 0.2) is 139 Å². The average Bonchev–Trinajstić information content (AvgIpc) is 3.88. The van der Waals surface area contributed by atoms with Gasteiger partial charge in [0.25, 0.3) is 0 Å². The zero-order valence-electron chi connectivity index (χ0n) is 32.7. The van der Waals surface area contributed by atoms with Crippen LogP contribution in [0, 0.1) is 11.6 Å². The van der Waals surface area contributed by atoms with Crippen molar-refractivity contribution in [3.8, 4) is 0 Å². The van der Waals surface area contributed by atoms with Gasteiger partial charge in [0.05, 0.1) is 0 Å². The number of hydrogen-bond acceptors (Lipinski definition) is 13. The second-order valence-electron chi connectivity index (χ2n) is 13.6. The number of piperidine rings is 1. The van der Waals surface area contributed by atoms with Gasteiger partial charge >= 0.3 is 0 Å². The minimum Gasteiger partial charge on any atom is -0.351 e. The van der Waals surface area contributed by atoms with Crippen molar-refractivity contribution in [2.45, 2.75) is 38.8 Å². The van der Waals surface area contributed by atoms with Crippen molar-refractivity contribution in [2.75, 3.05) is 54.0 Å². The highest BCUT2D eigenvalue weighted by Crippen LogP contribution is 2.31. The zero-order valence-corrected chi connectivity index (χ0v) is 39.1. The molecule has 0 saturated carbocycles. The normalized spacial score (nSPS) is 13.9. The summed E-state index contributed by atoms with van der Waals surface area (Å²) in [5.74, 6) is 1.94. The molecule has 6 aromatic heterocycles. The fourth-order valence-electron chi connectivity index (χ4n) is 6.57. The smallest absolute Gasteiger partial charge is 0.225 e. The summed E-state index contributed by atoms with van der Waals surface area (Å²) in [5.41, 5.74) is 1.78. The largest absolute Gasteiger partial charge is 0.351 e. The molecule has 0 N–H and O–H groups in total. The van der Waals surface area contributed by atoms with Crippen LogP contribution in [0.3, 0.4) is 0 Å². The second kappa shape index (κ2) is 21.6. The van der Waals surface area contributed by atoms with E-state index >= 15 is 0 Å². The fraction of sp³-hybridized carbons (Fsp3) is 0.220. The Balaban J connectivity index is 0.000000155. The number of anilines is 3. The molecule has 0 aliphatic carbocycles. The first-order valence-electron chi connectivity index (χ1n) is 19.1. The lowest BCUT2D eigenvalue weighted by Gasteiger charge is -2.35. The van der Waals surface area contributed by atoms with Crippen LogP contribution in [0.4, 0.5) is 26.5 Å². The van der Waals surface area contributed by atoms with Crippen molar-refractivity contribution in [1.82, 2.24) is 49.1 Å². The van der Waals surface area contributed by atoms with E-state index in [-0.39, 0.29) is 24.0 Å². The molecule has 8 aromatic rings. The summed E-state index contributed by atoms with van der Waals surface area (Å²) >= 11 is 15.3. The minimum absolute atomic E-state index is 0. The first-order chi connectivity index (χ1) is 29.8. The molecular formula is C41H37Br2Cl2F2N13S2. The molecule has 2 aromatic carbocycles. The number of rotatable bonds is 7. The number of hydrogen-bond donors (Lipinski definition) is 0. The third-order valence-corrected chi connectivity index (χ3v) is 12.7. The molecule has 2 fully saturated rings. The van der Waals surface area contributed by atoms with E-state index in [0.29, 0.717) is 20.9 Å². The Hall–Kier alpha value is -4.66. The maximum Gasteiger partial charge on any atom is 0.225 e. The molecule has 10 rings (SSSR count). The van der Waals surface area contributed by atoms with Gasteiger partial charge in [0.1, 0.15) is 35.3 Å². The van der Waals surface area contributed by atoms with Crippen molar-refractivity contribution in [3.05, 3.63) is 136 Å². The molecule has 0 amide bonds. The lowest BCUT2D eigenvalue weighted by molar-refractivity contribution is 0.567. The number of fused-ring (bicyclic) bond motifs is 2. The van der Waals surface area contributed by atoms with Gasteiger partial charge in [-0.15, -0.1) is 12.4 Å². The Kier molecular flexibility index (Phi) is 15.8. The van der Waals surface area contributed by atoms with Gasteiger partial charge in [-0.1, -0.05) is 59.4 Å². The highest BCUT2D eigenvalue weighted by atomic mass is 79.9. The molecule has 2 aliphatic rings. The molecule has 0 bridgehead atoms. The predicted octanol–water partition coefficient (Wildman–Crippen LogP) is 10.2. The average molecular weight is 1040 g/mol. The third-order valence-electron chi connectivity index (χ3n) is 9.54. The summed E-state index contributed by atoms with van der Waals surface area (Å²) in [7, 11) is 0. The zero-order chi connectivity index (χ0) is 42.1. The number of aromatic nitrogens is 10. The molecule has 2 saturated heterocycles. The number of halogens is 6. The monoisotopic (exact) mass is 1040 g/mol. The maximum absolute atomic E-state index is 13.8. The number of benzene rings is 2. The van der Waals surface area contributed by atoms with Gasteiger partial charge < -0.3 is 14.7 Å². The molecule has 13 nitrogen and oxygen atoms in total. The molecule has 62 heavy (non-hydrogen) atoms. The summed E-state index contributed by atoms with van der Waals surface area (Å²) in [4.78, 5) is 35.6. The van der Waals surface area contributed by atoms with Crippen LogP contribution in [-0.4, -0.2) is 88.4 Å². The number of piperazine rings is 1. The van der Waals surface area contributed by atoms with E-state index in [4.69, 9.17) is 11.6 Å². The van der Waals surface area contributed by atoms with Gasteiger partial charge in [0.2, 0.25) is 11.9 Å². The van der Waals surface area contributed by atoms with E-state index < -0.39 is 0 Å². The lowest BCUT2D eigenvalue weighted by Crippen LogP contribution is -2.47. The summed E-state index contributed by atoms with van der Waals surface area (Å²) in [5, 5.41) is 8.67. The molecule has 320 valence electrons. The van der Waals surface area contributed by atoms with Gasteiger partial charge in [-0.25, -0.2) is 47.7 Å². The molecule has 0 unspecified atom stereocenters. The Morgan fingerprint density at radius 3 is 1.52 bits per heavy atom. The van der Waals surface area contributed by atoms with Crippen LogP contribution in [0.25, 0.3) is 11.0 Å².